The van der Waals surface area contributed by atoms with Gasteiger partial charge in [-0.3, -0.25) is 4.99 Å². The Hall–Kier alpha value is -1.22. The Labute approximate surface area is 106 Å². The molecule has 0 bridgehead atoms. The summed E-state index contributed by atoms with van der Waals surface area (Å²) in [6.07, 6.45) is 0. The first kappa shape index (κ1) is 10.9. The summed E-state index contributed by atoms with van der Waals surface area (Å²) in [5, 5.41) is 3.37. The highest BCUT2D eigenvalue weighted by atomic mass is 32.2. The molecule has 0 aliphatic carbocycles. The molecule has 0 saturated carbocycles. The van der Waals surface area contributed by atoms with Crippen LogP contribution in [0.15, 0.2) is 34.7 Å². The third kappa shape index (κ3) is 1.89. The van der Waals surface area contributed by atoms with Crippen LogP contribution in [-0.4, -0.2) is 23.2 Å². The average Bonchev–Trinajstić information content (AvgIpc) is 2.90. The zero-order chi connectivity index (χ0) is 11.8. The van der Waals surface area contributed by atoms with E-state index in [9.17, 15) is 0 Å². The molecule has 3 rings (SSSR count). The lowest BCUT2D eigenvalue weighted by molar-refractivity contribution is 0.650. The number of rotatable bonds is 2. The Morgan fingerprint density at radius 2 is 2.00 bits per heavy atom. The van der Waals surface area contributed by atoms with Gasteiger partial charge < -0.3 is 4.90 Å². The summed E-state index contributed by atoms with van der Waals surface area (Å²) >= 11 is 1.74. The van der Waals surface area contributed by atoms with E-state index in [2.05, 4.69) is 53.4 Å². The number of benzene rings is 1. The second-order valence-corrected chi connectivity index (χ2v) is 5.55. The van der Waals surface area contributed by atoms with E-state index in [1.807, 2.05) is 0 Å². The van der Waals surface area contributed by atoms with Crippen LogP contribution in [0.3, 0.4) is 0 Å². The molecule has 0 unspecified atom stereocenters. The van der Waals surface area contributed by atoms with Gasteiger partial charge >= 0.3 is 0 Å². The molecule has 88 valence electrons. The van der Waals surface area contributed by atoms with E-state index in [1.54, 1.807) is 11.8 Å². The van der Waals surface area contributed by atoms with Crippen molar-refractivity contribution in [2.24, 2.45) is 4.99 Å². The molecule has 0 radical (unpaired) electrons. The molecule has 3 heteroatoms. The Bertz CT molecular complexity index is 485. The maximum Gasteiger partial charge on any atom is 0.168 e. The number of amidine groups is 1. The highest BCUT2D eigenvalue weighted by molar-refractivity contribution is 8.16. The van der Waals surface area contributed by atoms with E-state index in [0.29, 0.717) is 5.92 Å². The Morgan fingerprint density at radius 1 is 1.24 bits per heavy atom. The van der Waals surface area contributed by atoms with Gasteiger partial charge in [-0.05, 0) is 17.0 Å². The fourth-order valence-electron chi connectivity index (χ4n) is 2.19. The first-order chi connectivity index (χ1) is 8.25. The minimum Gasteiger partial charge on any atom is -0.318 e. The molecular formula is C14H16N2S. The van der Waals surface area contributed by atoms with E-state index in [4.69, 9.17) is 0 Å². The first-order valence-electron chi connectivity index (χ1n) is 6.05. The number of thioether (sulfide) groups is 1. The van der Waals surface area contributed by atoms with Crippen molar-refractivity contribution in [3.63, 3.8) is 0 Å². The second kappa shape index (κ2) is 4.22. The Balaban J connectivity index is 1.88. The maximum atomic E-state index is 4.47. The highest BCUT2D eigenvalue weighted by Gasteiger charge is 2.26. The Kier molecular flexibility index (Phi) is 2.71. The molecule has 0 spiro atoms. The van der Waals surface area contributed by atoms with Crippen LogP contribution < -0.4 is 0 Å². The highest BCUT2D eigenvalue weighted by Crippen LogP contribution is 2.35. The number of aliphatic imine (C=N–C) groups is 1. The minimum atomic E-state index is 0.597. The van der Waals surface area contributed by atoms with Crippen LogP contribution in [-0.2, 0) is 0 Å². The summed E-state index contributed by atoms with van der Waals surface area (Å²) in [5.74, 6) is 0.597. The molecule has 2 aliphatic heterocycles. The van der Waals surface area contributed by atoms with Gasteiger partial charge in [-0.25, -0.2) is 0 Å². The first-order valence-corrected chi connectivity index (χ1v) is 6.93. The predicted octanol–water partition coefficient (Wildman–Crippen LogP) is 3.53. The summed E-state index contributed by atoms with van der Waals surface area (Å²) in [4.78, 5) is 6.79. The molecule has 0 amide bonds. The number of hydrogen-bond donors (Lipinski definition) is 0. The molecule has 1 aromatic carbocycles. The van der Waals surface area contributed by atoms with Gasteiger partial charge in [0.05, 0.1) is 12.2 Å². The Morgan fingerprint density at radius 3 is 2.71 bits per heavy atom. The summed E-state index contributed by atoms with van der Waals surface area (Å²) in [6, 6.07) is 8.92. The van der Waals surface area contributed by atoms with E-state index < -0.39 is 0 Å². The van der Waals surface area contributed by atoms with Crippen LogP contribution in [0.1, 0.15) is 30.9 Å². The second-order valence-electron chi connectivity index (χ2n) is 4.71. The van der Waals surface area contributed by atoms with Crippen molar-refractivity contribution in [3.05, 3.63) is 40.8 Å². The SMILES string of the molecule is CC(C)c1ccc(C2=CSC3=NCCN23)cc1. The zero-order valence-corrected chi connectivity index (χ0v) is 11.0. The molecule has 0 N–H and O–H groups in total. The van der Waals surface area contributed by atoms with Crippen molar-refractivity contribution in [2.75, 3.05) is 13.1 Å². The number of fused-ring (bicyclic) bond motifs is 1. The van der Waals surface area contributed by atoms with E-state index in [-0.39, 0.29) is 0 Å². The predicted molar refractivity (Wildman–Crippen MR) is 75.1 cm³/mol. The number of hydrogen-bond acceptors (Lipinski definition) is 3. The molecule has 0 saturated heterocycles. The van der Waals surface area contributed by atoms with Crippen LogP contribution in [0.2, 0.25) is 0 Å². The van der Waals surface area contributed by atoms with Gasteiger partial charge in [0.2, 0.25) is 0 Å². The lowest BCUT2D eigenvalue weighted by Crippen LogP contribution is -2.19. The standard InChI is InChI=1S/C14H16N2S/c1-10(2)11-3-5-12(6-4-11)13-9-17-14-15-7-8-16(13)14/h3-6,9-10H,7-8H2,1-2H3. The van der Waals surface area contributed by atoms with Crippen molar-refractivity contribution in [2.45, 2.75) is 19.8 Å². The third-order valence-electron chi connectivity index (χ3n) is 3.24. The molecule has 2 nitrogen and oxygen atoms in total. The van der Waals surface area contributed by atoms with Gasteiger partial charge in [-0.1, -0.05) is 49.9 Å². The lowest BCUT2D eigenvalue weighted by atomic mass is 10.0. The smallest absolute Gasteiger partial charge is 0.168 e. The van der Waals surface area contributed by atoms with E-state index in [0.717, 1.165) is 18.3 Å². The lowest BCUT2D eigenvalue weighted by Gasteiger charge is -2.17. The van der Waals surface area contributed by atoms with Crippen LogP contribution in [0.25, 0.3) is 5.70 Å². The quantitative estimate of drug-likeness (QED) is 0.791. The monoisotopic (exact) mass is 244 g/mol. The molecule has 0 aromatic heterocycles. The van der Waals surface area contributed by atoms with Crippen molar-refractivity contribution < 1.29 is 0 Å². The maximum absolute atomic E-state index is 4.47. The van der Waals surface area contributed by atoms with Gasteiger partial charge in [0.15, 0.2) is 5.17 Å². The van der Waals surface area contributed by atoms with Gasteiger partial charge in [0.25, 0.3) is 0 Å². The average molecular weight is 244 g/mol. The summed E-state index contributed by atoms with van der Waals surface area (Å²) in [5.41, 5.74) is 4.01. The molecule has 1 aromatic rings. The molecule has 2 heterocycles. The van der Waals surface area contributed by atoms with Gasteiger partial charge in [0.1, 0.15) is 0 Å². The van der Waals surface area contributed by atoms with Gasteiger partial charge in [-0.2, -0.15) is 0 Å². The minimum absolute atomic E-state index is 0.597. The van der Waals surface area contributed by atoms with Gasteiger partial charge in [0, 0.05) is 12.0 Å². The van der Waals surface area contributed by atoms with Gasteiger partial charge in [-0.15, -0.1) is 0 Å². The fraction of sp³-hybridized carbons (Fsp3) is 0.357. The van der Waals surface area contributed by atoms with Crippen molar-refractivity contribution >= 4 is 22.6 Å². The molecule has 0 fully saturated rings. The molecule has 0 atom stereocenters. The van der Waals surface area contributed by atoms with Crippen LogP contribution in [0.5, 0.6) is 0 Å². The summed E-state index contributed by atoms with van der Waals surface area (Å²) in [7, 11) is 0. The summed E-state index contributed by atoms with van der Waals surface area (Å²) < 4.78 is 0. The fourth-order valence-corrected chi connectivity index (χ4v) is 3.15. The zero-order valence-electron chi connectivity index (χ0n) is 10.2. The normalized spacial score (nSPS) is 18.4. The van der Waals surface area contributed by atoms with Crippen molar-refractivity contribution in [1.29, 1.82) is 0 Å². The molecular weight excluding hydrogens is 228 g/mol. The summed E-state index contributed by atoms with van der Waals surface area (Å²) in [6.45, 7) is 6.42. The van der Waals surface area contributed by atoms with Crippen molar-refractivity contribution in [1.82, 2.24) is 4.90 Å². The number of nitrogens with zero attached hydrogens (tertiary/aromatic N) is 2. The van der Waals surface area contributed by atoms with Crippen molar-refractivity contribution in [3.8, 4) is 0 Å². The van der Waals surface area contributed by atoms with E-state index >= 15 is 0 Å². The third-order valence-corrected chi connectivity index (χ3v) is 4.14. The topological polar surface area (TPSA) is 15.6 Å². The largest absolute Gasteiger partial charge is 0.318 e. The van der Waals surface area contributed by atoms with E-state index in [1.165, 1.54) is 16.8 Å². The molecule has 2 aliphatic rings. The molecule has 17 heavy (non-hydrogen) atoms. The van der Waals surface area contributed by atoms with Crippen LogP contribution in [0, 0.1) is 0 Å². The van der Waals surface area contributed by atoms with Crippen LogP contribution in [0.4, 0.5) is 0 Å². The van der Waals surface area contributed by atoms with Crippen LogP contribution >= 0.6 is 11.8 Å².